The number of nitrogens with zero attached hydrogens (tertiary/aromatic N) is 5. The summed E-state index contributed by atoms with van der Waals surface area (Å²) in [6, 6.07) is 12.6. The molecule has 3 aromatic rings. The summed E-state index contributed by atoms with van der Waals surface area (Å²) in [6.07, 6.45) is 9.22. The molecule has 1 aliphatic rings. The molecule has 0 saturated carbocycles. The van der Waals surface area contributed by atoms with Gasteiger partial charge in [0.2, 0.25) is 11.9 Å². The number of carbonyl (C=O) groups excluding carboxylic acids is 2. The molecule has 0 atom stereocenters. The lowest BCUT2D eigenvalue weighted by molar-refractivity contribution is 0.0979. The Morgan fingerprint density at radius 1 is 0.561 bits per heavy atom. The molecule has 0 bridgehead atoms. The summed E-state index contributed by atoms with van der Waals surface area (Å²) < 4.78 is 0. The smallest absolute Gasteiger partial charge is 0.230 e. The lowest BCUT2D eigenvalue weighted by atomic mass is 9.83. The number of unbranched alkanes of at least 4 members (excludes halogenated alkanes) is 4. The highest BCUT2D eigenvalue weighted by molar-refractivity contribution is 6.28. The zero-order valence-electron chi connectivity index (χ0n) is 25.3. The van der Waals surface area contributed by atoms with E-state index in [0.29, 0.717) is 34.5 Å². The highest BCUT2D eigenvalue weighted by atomic mass is 16.1. The predicted octanol–water partition coefficient (Wildman–Crippen LogP) is 7.05. The van der Waals surface area contributed by atoms with Crippen LogP contribution in [0.4, 0.5) is 11.9 Å². The van der Waals surface area contributed by atoms with Crippen molar-refractivity contribution in [3.8, 4) is 0 Å². The number of ketones is 2. The molecule has 0 N–H and O–H groups in total. The number of hydrogen-bond acceptors (Lipinski definition) is 7. The number of hydrogen-bond donors (Lipinski definition) is 0. The zero-order valence-corrected chi connectivity index (χ0v) is 25.3. The molecule has 1 aliphatic carbocycles. The van der Waals surface area contributed by atoms with Gasteiger partial charge in [-0.15, -0.1) is 0 Å². The van der Waals surface area contributed by atoms with E-state index in [2.05, 4.69) is 37.5 Å². The van der Waals surface area contributed by atoms with Crippen LogP contribution in [-0.2, 0) is 6.42 Å². The first-order chi connectivity index (χ1) is 20.0. The third kappa shape index (κ3) is 7.38. The first-order valence-corrected chi connectivity index (χ1v) is 15.6. The van der Waals surface area contributed by atoms with Crippen LogP contribution < -0.4 is 9.80 Å². The van der Waals surface area contributed by atoms with Crippen molar-refractivity contribution in [1.29, 1.82) is 0 Å². The van der Waals surface area contributed by atoms with E-state index in [-0.39, 0.29) is 11.6 Å². The van der Waals surface area contributed by atoms with Crippen LogP contribution in [-0.4, -0.2) is 52.7 Å². The molecule has 0 unspecified atom stereocenters. The molecule has 0 radical (unpaired) electrons. The first kappa shape index (κ1) is 30.4. The maximum Gasteiger partial charge on any atom is 0.230 e. The number of benzene rings is 2. The van der Waals surface area contributed by atoms with Crippen molar-refractivity contribution in [2.45, 2.75) is 85.5 Å². The van der Waals surface area contributed by atoms with E-state index in [0.717, 1.165) is 95.0 Å². The van der Waals surface area contributed by atoms with Crippen molar-refractivity contribution in [2.75, 3.05) is 36.0 Å². The molecule has 1 aromatic heterocycles. The third-order valence-electron chi connectivity index (χ3n) is 7.70. The second kappa shape index (κ2) is 14.9. The molecule has 2 aromatic carbocycles. The van der Waals surface area contributed by atoms with Crippen LogP contribution in [0.5, 0.6) is 0 Å². The van der Waals surface area contributed by atoms with Gasteiger partial charge >= 0.3 is 0 Å². The van der Waals surface area contributed by atoms with Gasteiger partial charge in [0.1, 0.15) is 5.82 Å². The van der Waals surface area contributed by atoms with Crippen LogP contribution in [0.1, 0.15) is 122 Å². The maximum atomic E-state index is 13.3. The summed E-state index contributed by atoms with van der Waals surface area (Å²) in [5.41, 5.74) is 2.78. The standard InChI is InChI=1S/C34H45N5O2/c1-5-9-19-38(20-10-6-2)33-35-30(36-34(37-33)39(21-11-7-3)22-12-8-4)24-25-17-18-28-29(23-25)32(41)27-16-14-13-15-26(27)31(28)40/h13-18,23H,5-12,19-22,24H2,1-4H3. The van der Waals surface area contributed by atoms with E-state index < -0.39 is 0 Å². The Morgan fingerprint density at radius 2 is 1.00 bits per heavy atom. The second-order valence-corrected chi connectivity index (χ2v) is 11.0. The Balaban J connectivity index is 1.71. The average molecular weight is 556 g/mol. The van der Waals surface area contributed by atoms with Crippen LogP contribution in [0, 0.1) is 0 Å². The summed E-state index contributed by atoms with van der Waals surface area (Å²) >= 11 is 0. The Labute approximate surface area is 245 Å². The van der Waals surface area contributed by atoms with E-state index in [1.165, 1.54) is 0 Å². The maximum absolute atomic E-state index is 13.3. The van der Waals surface area contributed by atoms with Gasteiger partial charge in [0.05, 0.1) is 0 Å². The number of fused-ring (bicyclic) bond motifs is 2. The van der Waals surface area contributed by atoms with E-state index >= 15 is 0 Å². The summed E-state index contributed by atoms with van der Waals surface area (Å²) in [7, 11) is 0. The minimum absolute atomic E-state index is 0.100. The lowest BCUT2D eigenvalue weighted by Crippen LogP contribution is -2.32. The van der Waals surface area contributed by atoms with Gasteiger partial charge in [0.15, 0.2) is 11.6 Å². The van der Waals surface area contributed by atoms with Crippen molar-refractivity contribution in [1.82, 2.24) is 15.0 Å². The summed E-state index contributed by atoms with van der Waals surface area (Å²) in [5, 5.41) is 0. The summed E-state index contributed by atoms with van der Waals surface area (Å²) in [4.78, 5) is 46.1. The van der Waals surface area contributed by atoms with Crippen molar-refractivity contribution in [3.05, 3.63) is 76.1 Å². The molecule has 41 heavy (non-hydrogen) atoms. The quantitative estimate of drug-likeness (QED) is 0.147. The van der Waals surface area contributed by atoms with Crippen LogP contribution in [0.3, 0.4) is 0 Å². The van der Waals surface area contributed by atoms with Gasteiger partial charge in [-0.3, -0.25) is 9.59 Å². The molecule has 0 fully saturated rings. The summed E-state index contributed by atoms with van der Waals surface area (Å²) in [5.74, 6) is 1.96. The van der Waals surface area contributed by atoms with Gasteiger partial charge < -0.3 is 9.80 Å². The molecular weight excluding hydrogens is 510 g/mol. The Bertz CT molecular complexity index is 1280. The summed E-state index contributed by atoms with van der Waals surface area (Å²) in [6.45, 7) is 12.5. The SMILES string of the molecule is CCCCN(CCCC)c1nc(Cc2ccc3c(c2)C(=O)c2ccccc2C3=O)nc(N(CCCC)CCCC)n1. The minimum atomic E-state index is -0.107. The fraction of sp³-hybridized carbons (Fsp3) is 0.500. The van der Waals surface area contributed by atoms with Gasteiger partial charge in [0, 0.05) is 54.9 Å². The number of rotatable bonds is 16. The Hall–Kier alpha value is -3.61. The van der Waals surface area contributed by atoms with Gasteiger partial charge in [0.25, 0.3) is 0 Å². The molecule has 7 nitrogen and oxygen atoms in total. The van der Waals surface area contributed by atoms with Crippen LogP contribution in [0.25, 0.3) is 0 Å². The first-order valence-electron chi connectivity index (χ1n) is 15.6. The lowest BCUT2D eigenvalue weighted by Gasteiger charge is -2.27. The van der Waals surface area contributed by atoms with E-state index in [4.69, 9.17) is 15.0 Å². The fourth-order valence-corrected chi connectivity index (χ4v) is 5.22. The highest BCUT2D eigenvalue weighted by Gasteiger charge is 2.29. The van der Waals surface area contributed by atoms with Crippen molar-refractivity contribution < 1.29 is 9.59 Å². The van der Waals surface area contributed by atoms with Crippen molar-refractivity contribution >= 4 is 23.5 Å². The van der Waals surface area contributed by atoms with Gasteiger partial charge in [-0.25, -0.2) is 0 Å². The molecule has 0 spiro atoms. The van der Waals surface area contributed by atoms with E-state index in [1.807, 2.05) is 12.1 Å². The average Bonchev–Trinajstić information content (AvgIpc) is 3.00. The topological polar surface area (TPSA) is 79.3 Å². The van der Waals surface area contributed by atoms with Gasteiger partial charge in [-0.2, -0.15) is 15.0 Å². The second-order valence-electron chi connectivity index (χ2n) is 11.0. The molecule has 1 heterocycles. The molecule has 0 amide bonds. The monoisotopic (exact) mass is 555 g/mol. The molecular formula is C34H45N5O2. The predicted molar refractivity (Wildman–Crippen MR) is 166 cm³/mol. The van der Waals surface area contributed by atoms with Crippen molar-refractivity contribution in [3.63, 3.8) is 0 Å². The van der Waals surface area contributed by atoms with E-state index in [9.17, 15) is 9.59 Å². The molecule has 0 saturated heterocycles. The molecule has 7 heteroatoms. The molecule has 4 rings (SSSR count). The van der Waals surface area contributed by atoms with Crippen LogP contribution in [0.15, 0.2) is 42.5 Å². The number of carbonyl (C=O) groups is 2. The van der Waals surface area contributed by atoms with Crippen LogP contribution >= 0.6 is 0 Å². The number of anilines is 2. The molecule has 0 aliphatic heterocycles. The Morgan fingerprint density at radius 3 is 1.46 bits per heavy atom. The molecule has 218 valence electrons. The fourth-order valence-electron chi connectivity index (χ4n) is 5.22. The zero-order chi connectivity index (χ0) is 29.2. The minimum Gasteiger partial charge on any atom is -0.341 e. The third-order valence-corrected chi connectivity index (χ3v) is 7.70. The highest BCUT2D eigenvalue weighted by Crippen LogP contribution is 2.28. The van der Waals surface area contributed by atoms with Crippen LogP contribution in [0.2, 0.25) is 0 Å². The normalized spacial score (nSPS) is 12.3. The van der Waals surface area contributed by atoms with E-state index in [1.54, 1.807) is 30.3 Å². The Kier molecular flexibility index (Phi) is 11.0. The number of aromatic nitrogens is 3. The largest absolute Gasteiger partial charge is 0.341 e. The van der Waals surface area contributed by atoms with Crippen molar-refractivity contribution in [2.24, 2.45) is 0 Å². The van der Waals surface area contributed by atoms with Gasteiger partial charge in [-0.05, 0) is 37.3 Å². The van der Waals surface area contributed by atoms with Gasteiger partial charge in [-0.1, -0.05) is 89.8 Å².